The van der Waals surface area contributed by atoms with E-state index in [1.165, 1.54) is 11.9 Å². The van der Waals surface area contributed by atoms with Gasteiger partial charge in [-0.05, 0) is 29.5 Å². The van der Waals surface area contributed by atoms with E-state index in [4.69, 9.17) is 19.9 Å². The molecule has 2 atom stereocenters. The van der Waals surface area contributed by atoms with Crippen LogP contribution in [0, 0.1) is 0 Å². The lowest BCUT2D eigenvalue weighted by Crippen LogP contribution is -2.53. The quantitative estimate of drug-likeness (QED) is 0.122. The van der Waals surface area contributed by atoms with Crippen LogP contribution in [0.15, 0.2) is 96.0 Å². The number of amides is 7. The van der Waals surface area contributed by atoms with Gasteiger partial charge in [-0.2, -0.15) is 0 Å². The molecule has 1 saturated heterocycles. The molecular formula is C36H41N7O9. The molecule has 0 aromatic heterocycles. The van der Waals surface area contributed by atoms with Gasteiger partial charge >= 0.3 is 24.3 Å². The third kappa shape index (κ3) is 12.5. The summed E-state index contributed by atoms with van der Waals surface area (Å²) < 4.78 is 15.6. The minimum absolute atomic E-state index is 0.0447. The molecule has 0 saturated carbocycles. The van der Waals surface area contributed by atoms with Crippen molar-refractivity contribution in [3.8, 4) is 0 Å². The van der Waals surface area contributed by atoms with Crippen LogP contribution >= 0.6 is 0 Å². The van der Waals surface area contributed by atoms with Gasteiger partial charge in [0.2, 0.25) is 17.8 Å². The first-order valence-electron chi connectivity index (χ1n) is 16.4. The molecule has 274 valence electrons. The number of benzene rings is 3. The number of nitrogens with two attached hydrogens (primary N) is 1. The van der Waals surface area contributed by atoms with Crippen molar-refractivity contribution in [2.24, 2.45) is 10.7 Å². The number of hydrogen-bond acceptors (Lipinski definition) is 9. The van der Waals surface area contributed by atoms with Gasteiger partial charge in [-0.25, -0.2) is 29.4 Å². The summed E-state index contributed by atoms with van der Waals surface area (Å²) >= 11 is 0. The van der Waals surface area contributed by atoms with Crippen molar-refractivity contribution in [3.05, 3.63) is 108 Å². The number of nitrogens with zero attached hydrogens (tertiary/aromatic N) is 3. The van der Waals surface area contributed by atoms with E-state index < -0.39 is 48.3 Å². The van der Waals surface area contributed by atoms with Crippen LogP contribution in [-0.4, -0.2) is 84.1 Å². The number of carbonyl (C=O) groups excluding carboxylic acids is 6. The number of ether oxygens (including phenoxy) is 3. The van der Waals surface area contributed by atoms with Crippen LogP contribution in [0.3, 0.4) is 0 Å². The molecule has 52 heavy (non-hydrogen) atoms. The Hall–Kier alpha value is -6.45. The molecule has 3 aromatic carbocycles. The molecule has 7 amide bonds. The molecule has 1 unspecified atom stereocenters. The van der Waals surface area contributed by atoms with E-state index in [9.17, 15) is 28.8 Å². The average Bonchev–Trinajstić information content (AvgIpc) is 3.24. The third-order valence-electron chi connectivity index (χ3n) is 7.86. The van der Waals surface area contributed by atoms with Crippen LogP contribution in [0.5, 0.6) is 0 Å². The molecule has 0 spiro atoms. The summed E-state index contributed by atoms with van der Waals surface area (Å²) in [6.45, 7) is -0.522. The zero-order chi connectivity index (χ0) is 37.3. The number of hydrogen-bond donors (Lipinski definition) is 4. The second-order valence-corrected chi connectivity index (χ2v) is 11.7. The first-order chi connectivity index (χ1) is 25.1. The molecule has 16 nitrogen and oxygen atoms in total. The van der Waals surface area contributed by atoms with E-state index in [1.54, 1.807) is 72.8 Å². The number of nitrogens with one attached hydrogen (secondary N) is 3. The predicted molar refractivity (Wildman–Crippen MR) is 187 cm³/mol. The molecule has 3 aromatic rings. The molecule has 0 bridgehead atoms. The van der Waals surface area contributed by atoms with E-state index >= 15 is 0 Å². The first kappa shape index (κ1) is 38.4. The molecule has 0 radical (unpaired) electrons. The lowest BCUT2D eigenvalue weighted by Gasteiger charge is -2.24. The fraction of sp³-hybridized carbons (Fsp3) is 0.306. The van der Waals surface area contributed by atoms with Gasteiger partial charge in [0, 0.05) is 32.6 Å². The van der Waals surface area contributed by atoms with Gasteiger partial charge in [0.05, 0.1) is 0 Å². The highest BCUT2D eigenvalue weighted by atomic mass is 16.6. The highest BCUT2D eigenvalue weighted by Crippen LogP contribution is 2.14. The Balaban J connectivity index is 1.30. The Morgan fingerprint density at radius 2 is 1.38 bits per heavy atom. The minimum Gasteiger partial charge on any atom is -0.444 e. The Morgan fingerprint density at radius 3 is 1.96 bits per heavy atom. The largest absolute Gasteiger partial charge is 0.444 e. The summed E-state index contributed by atoms with van der Waals surface area (Å²) in [7, 11) is 1.43. The van der Waals surface area contributed by atoms with Crippen molar-refractivity contribution < 1.29 is 43.0 Å². The fourth-order valence-corrected chi connectivity index (χ4v) is 5.04. The second kappa shape index (κ2) is 19.7. The number of carbonyl (C=O) groups is 6. The predicted octanol–water partition coefficient (Wildman–Crippen LogP) is 3.41. The summed E-state index contributed by atoms with van der Waals surface area (Å²) in [5, 5.41) is 7.24. The van der Waals surface area contributed by atoms with Crippen molar-refractivity contribution in [2.75, 3.05) is 20.1 Å². The molecule has 1 fully saturated rings. The van der Waals surface area contributed by atoms with Gasteiger partial charge in [0.1, 0.15) is 25.9 Å². The Kier molecular flexibility index (Phi) is 14.5. The number of imide groups is 1. The van der Waals surface area contributed by atoms with Crippen LogP contribution in [0.25, 0.3) is 0 Å². The van der Waals surface area contributed by atoms with Crippen LogP contribution in [0.1, 0.15) is 36.0 Å². The fourth-order valence-electron chi connectivity index (χ4n) is 5.04. The molecule has 0 aliphatic carbocycles. The van der Waals surface area contributed by atoms with Gasteiger partial charge < -0.3 is 35.5 Å². The highest BCUT2D eigenvalue weighted by Gasteiger charge is 2.34. The second-order valence-electron chi connectivity index (χ2n) is 11.7. The zero-order valence-electron chi connectivity index (χ0n) is 28.6. The molecule has 16 heteroatoms. The van der Waals surface area contributed by atoms with Crippen LogP contribution < -0.4 is 21.7 Å². The number of likely N-dealkylation sites (N-methyl/N-ethyl adjacent to an activating group) is 1. The maximum Gasteiger partial charge on any atom is 0.437 e. The van der Waals surface area contributed by atoms with Crippen molar-refractivity contribution >= 4 is 42.1 Å². The first-order valence-corrected chi connectivity index (χ1v) is 16.4. The average molecular weight is 716 g/mol. The number of alkyl carbamates (subject to hydrolysis) is 1. The Morgan fingerprint density at radius 1 is 0.846 bits per heavy atom. The lowest BCUT2D eigenvalue weighted by molar-refractivity contribution is -0.136. The molecule has 1 aliphatic rings. The maximum atomic E-state index is 13.2. The van der Waals surface area contributed by atoms with Gasteiger partial charge in [-0.15, -0.1) is 4.99 Å². The van der Waals surface area contributed by atoms with Crippen molar-refractivity contribution in [2.45, 2.75) is 51.2 Å². The van der Waals surface area contributed by atoms with Crippen molar-refractivity contribution in [1.29, 1.82) is 0 Å². The van der Waals surface area contributed by atoms with Crippen LogP contribution in [0.4, 0.5) is 19.2 Å². The van der Waals surface area contributed by atoms with Crippen molar-refractivity contribution in [1.82, 2.24) is 25.8 Å². The summed E-state index contributed by atoms with van der Waals surface area (Å²) in [4.78, 5) is 82.0. The minimum atomic E-state index is -1.07. The van der Waals surface area contributed by atoms with E-state index in [-0.39, 0.29) is 58.1 Å². The van der Waals surface area contributed by atoms with E-state index in [0.717, 1.165) is 21.6 Å². The number of urea groups is 1. The molecule has 1 heterocycles. The van der Waals surface area contributed by atoms with Crippen molar-refractivity contribution in [3.63, 3.8) is 0 Å². The monoisotopic (exact) mass is 715 g/mol. The Labute approximate surface area is 300 Å². The normalized spacial score (nSPS) is 15.8. The lowest BCUT2D eigenvalue weighted by atomic mass is 10.1. The standard InChI is InChI=1S/C36H41N7O9/c1-42-29(21-38-33(46)41-35(48)51-23-26-14-7-3-8-15-26)31(45)39-28(20-30(42)44)18-11-19-43(36(49)52-24-27-16-9-4-10-17-27)32(37)40-34(47)50-22-25-12-5-2-6-13-25/h2-10,12-17,28-29H,11,18-24H2,1H3,(H,39,45)(H2,37,40,47)(H2,38,41,46,48)/t28-,29?/m0/s1. The smallest absolute Gasteiger partial charge is 0.437 e. The third-order valence-corrected chi connectivity index (χ3v) is 7.86. The summed E-state index contributed by atoms with van der Waals surface area (Å²) in [5.41, 5.74) is 8.28. The molecule has 1 aliphatic heterocycles. The van der Waals surface area contributed by atoms with Gasteiger partial charge in [0.15, 0.2) is 0 Å². The summed E-state index contributed by atoms with van der Waals surface area (Å²) in [5.74, 6) is -1.36. The number of guanidine groups is 1. The molecular weight excluding hydrogens is 674 g/mol. The zero-order valence-corrected chi connectivity index (χ0v) is 28.6. The molecule has 4 rings (SSSR count). The van der Waals surface area contributed by atoms with E-state index in [2.05, 4.69) is 15.6 Å². The highest BCUT2D eigenvalue weighted by molar-refractivity contribution is 5.98. The van der Waals surface area contributed by atoms with Gasteiger partial charge in [-0.1, -0.05) is 91.0 Å². The number of rotatable bonds is 12. The maximum absolute atomic E-state index is 13.2. The van der Waals surface area contributed by atoms with Crippen LogP contribution in [0.2, 0.25) is 0 Å². The number of aliphatic imine (C=N–C) groups is 1. The van der Waals surface area contributed by atoms with E-state index in [0.29, 0.717) is 0 Å². The molecule has 5 N–H and O–H groups in total. The van der Waals surface area contributed by atoms with E-state index in [1.807, 2.05) is 23.5 Å². The van der Waals surface area contributed by atoms with Crippen LogP contribution in [-0.2, 0) is 43.6 Å². The summed E-state index contributed by atoms with van der Waals surface area (Å²) in [6, 6.07) is 24.2. The SMILES string of the molecule is CN1C(=O)C[C@H](CCCN(C(=O)OCc2ccccc2)/C(N)=N/C(=O)OCc2ccccc2)NC(=O)C1CNC(=O)NC(=O)OCc1ccccc1. The topological polar surface area (TPSA) is 211 Å². The Bertz CT molecular complexity index is 1710. The summed E-state index contributed by atoms with van der Waals surface area (Å²) in [6.07, 6.45) is -2.48. The van der Waals surface area contributed by atoms with Gasteiger partial charge in [-0.3, -0.25) is 9.59 Å². The van der Waals surface area contributed by atoms with Gasteiger partial charge in [0.25, 0.3) is 0 Å².